The van der Waals surface area contributed by atoms with E-state index in [-0.39, 0.29) is 12.1 Å². The minimum atomic E-state index is 0.106. The molecule has 0 aromatic heterocycles. The third-order valence-electron chi connectivity index (χ3n) is 2.36. The Labute approximate surface area is 91.3 Å². The van der Waals surface area contributed by atoms with Gasteiger partial charge in [-0.2, -0.15) is 0 Å². The molecular formula is C13H17NO. The Kier molecular flexibility index (Phi) is 4.20. The molecule has 2 unspecified atom stereocenters. The van der Waals surface area contributed by atoms with Crippen LogP contribution in [0.5, 0.6) is 5.75 Å². The average molecular weight is 203 g/mol. The molecule has 1 rings (SSSR count). The normalized spacial score (nSPS) is 14.2. The highest BCUT2D eigenvalue weighted by Gasteiger charge is 2.11. The minimum Gasteiger partial charge on any atom is -0.508 e. The van der Waals surface area contributed by atoms with Gasteiger partial charge in [-0.3, -0.25) is 0 Å². The standard InChI is InChI=1S/C13H17NO/c1-4-7-10(2)14-11(3)12-8-5-6-9-13(12)15/h1,5-6,8-11,14-15H,7H2,2-3H3. The van der Waals surface area contributed by atoms with Crippen molar-refractivity contribution in [2.24, 2.45) is 0 Å². The summed E-state index contributed by atoms with van der Waals surface area (Å²) in [6.45, 7) is 4.05. The van der Waals surface area contributed by atoms with Gasteiger partial charge in [0.25, 0.3) is 0 Å². The van der Waals surface area contributed by atoms with Crippen molar-refractivity contribution in [1.82, 2.24) is 5.32 Å². The summed E-state index contributed by atoms with van der Waals surface area (Å²) in [5.74, 6) is 2.94. The van der Waals surface area contributed by atoms with Gasteiger partial charge in [0.15, 0.2) is 0 Å². The molecule has 0 aliphatic carbocycles. The van der Waals surface area contributed by atoms with E-state index in [0.717, 1.165) is 5.56 Å². The van der Waals surface area contributed by atoms with E-state index in [2.05, 4.69) is 11.2 Å². The number of para-hydroxylation sites is 1. The summed E-state index contributed by atoms with van der Waals surface area (Å²) in [6, 6.07) is 7.70. The maximum Gasteiger partial charge on any atom is 0.120 e. The summed E-state index contributed by atoms with van der Waals surface area (Å²) in [5, 5.41) is 13.0. The number of phenols is 1. The van der Waals surface area contributed by atoms with Crippen molar-refractivity contribution in [2.45, 2.75) is 32.4 Å². The second-order valence-corrected chi connectivity index (χ2v) is 3.76. The molecule has 0 radical (unpaired) electrons. The Morgan fingerprint density at radius 1 is 1.40 bits per heavy atom. The molecule has 15 heavy (non-hydrogen) atoms. The third kappa shape index (κ3) is 3.30. The fourth-order valence-corrected chi connectivity index (χ4v) is 1.61. The zero-order chi connectivity index (χ0) is 11.3. The first-order valence-electron chi connectivity index (χ1n) is 5.12. The summed E-state index contributed by atoms with van der Waals surface area (Å²) >= 11 is 0. The van der Waals surface area contributed by atoms with Crippen molar-refractivity contribution in [2.75, 3.05) is 0 Å². The van der Waals surface area contributed by atoms with Gasteiger partial charge in [0.2, 0.25) is 0 Å². The summed E-state index contributed by atoms with van der Waals surface area (Å²) < 4.78 is 0. The highest BCUT2D eigenvalue weighted by molar-refractivity contribution is 5.34. The molecule has 1 aromatic carbocycles. The lowest BCUT2D eigenvalue weighted by molar-refractivity contribution is 0.436. The Morgan fingerprint density at radius 2 is 2.07 bits per heavy atom. The minimum absolute atomic E-state index is 0.106. The Morgan fingerprint density at radius 3 is 2.67 bits per heavy atom. The monoisotopic (exact) mass is 203 g/mol. The van der Waals surface area contributed by atoms with Crippen LogP contribution in [0.2, 0.25) is 0 Å². The average Bonchev–Trinajstić information content (AvgIpc) is 2.18. The van der Waals surface area contributed by atoms with Crippen LogP contribution in [0, 0.1) is 12.3 Å². The number of terminal acetylenes is 1. The number of hydrogen-bond donors (Lipinski definition) is 2. The molecular weight excluding hydrogens is 186 g/mol. The van der Waals surface area contributed by atoms with Crippen molar-refractivity contribution in [3.8, 4) is 18.1 Å². The van der Waals surface area contributed by atoms with Crippen LogP contribution in [0.4, 0.5) is 0 Å². The van der Waals surface area contributed by atoms with E-state index in [1.165, 1.54) is 0 Å². The van der Waals surface area contributed by atoms with Crippen molar-refractivity contribution in [3.05, 3.63) is 29.8 Å². The third-order valence-corrected chi connectivity index (χ3v) is 2.36. The van der Waals surface area contributed by atoms with Crippen molar-refractivity contribution < 1.29 is 5.11 Å². The van der Waals surface area contributed by atoms with Gasteiger partial charge in [-0.15, -0.1) is 12.3 Å². The number of phenolic OH excluding ortho intramolecular Hbond substituents is 1. The molecule has 80 valence electrons. The molecule has 0 aliphatic rings. The van der Waals surface area contributed by atoms with Gasteiger partial charge >= 0.3 is 0 Å². The molecule has 2 N–H and O–H groups in total. The molecule has 0 heterocycles. The molecule has 0 saturated heterocycles. The summed E-state index contributed by atoms with van der Waals surface area (Å²) in [7, 11) is 0. The zero-order valence-electron chi connectivity index (χ0n) is 9.20. The van der Waals surface area contributed by atoms with Crippen LogP contribution >= 0.6 is 0 Å². The molecule has 0 spiro atoms. The first-order chi connectivity index (χ1) is 7.15. The predicted molar refractivity (Wildman–Crippen MR) is 62.6 cm³/mol. The van der Waals surface area contributed by atoms with Gasteiger partial charge in [0.05, 0.1) is 0 Å². The summed E-state index contributed by atoms with van der Waals surface area (Å²) in [6.07, 6.45) is 5.93. The number of hydrogen-bond acceptors (Lipinski definition) is 2. The first-order valence-corrected chi connectivity index (χ1v) is 5.12. The van der Waals surface area contributed by atoms with Crippen LogP contribution in [-0.2, 0) is 0 Å². The number of nitrogens with one attached hydrogen (secondary N) is 1. The lowest BCUT2D eigenvalue weighted by Crippen LogP contribution is -2.28. The molecule has 0 fully saturated rings. The molecule has 0 bridgehead atoms. The second kappa shape index (κ2) is 5.43. The van der Waals surface area contributed by atoms with E-state index >= 15 is 0 Å². The fourth-order valence-electron chi connectivity index (χ4n) is 1.61. The van der Waals surface area contributed by atoms with Crippen LogP contribution in [0.3, 0.4) is 0 Å². The van der Waals surface area contributed by atoms with Gasteiger partial charge in [-0.25, -0.2) is 0 Å². The topological polar surface area (TPSA) is 32.3 Å². The number of benzene rings is 1. The maximum absolute atomic E-state index is 9.64. The van der Waals surface area contributed by atoms with Gasteiger partial charge in [-0.05, 0) is 19.9 Å². The van der Waals surface area contributed by atoms with Crippen LogP contribution in [0.15, 0.2) is 24.3 Å². The van der Waals surface area contributed by atoms with Gasteiger partial charge in [-0.1, -0.05) is 18.2 Å². The zero-order valence-corrected chi connectivity index (χ0v) is 9.20. The van der Waals surface area contributed by atoms with Gasteiger partial charge in [0, 0.05) is 24.1 Å². The van der Waals surface area contributed by atoms with Crippen LogP contribution in [0.25, 0.3) is 0 Å². The quantitative estimate of drug-likeness (QED) is 0.737. The molecule has 2 nitrogen and oxygen atoms in total. The summed E-state index contributed by atoms with van der Waals surface area (Å²) in [5.41, 5.74) is 0.904. The summed E-state index contributed by atoms with van der Waals surface area (Å²) in [4.78, 5) is 0. The van der Waals surface area contributed by atoms with Crippen molar-refractivity contribution in [1.29, 1.82) is 0 Å². The van der Waals surface area contributed by atoms with E-state index < -0.39 is 0 Å². The highest BCUT2D eigenvalue weighted by atomic mass is 16.3. The van der Waals surface area contributed by atoms with Crippen molar-refractivity contribution >= 4 is 0 Å². The molecule has 1 aromatic rings. The van der Waals surface area contributed by atoms with Crippen LogP contribution < -0.4 is 5.32 Å². The lowest BCUT2D eigenvalue weighted by atomic mass is 10.1. The van der Waals surface area contributed by atoms with Crippen LogP contribution in [0.1, 0.15) is 31.9 Å². The van der Waals surface area contributed by atoms with Crippen molar-refractivity contribution in [3.63, 3.8) is 0 Å². The Hall–Kier alpha value is -1.46. The Balaban J connectivity index is 2.66. The molecule has 0 aliphatic heterocycles. The predicted octanol–water partition coefficient (Wildman–Crippen LogP) is 2.45. The molecule has 0 saturated carbocycles. The maximum atomic E-state index is 9.64. The highest BCUT2D eigenvalue weighted by Crippen LogP contribution is 2.23. The second-order valence-electron chi connectivity index (χ2n) is 3.76. The van der Waals surface area contributed by atoms with E-state index in [1.54, 1.807) is 6.07 Å². The molecule has 2 atom stereocenters. The molecule has 0 amide bonds. The first kappa shape index (κ1) is 11.6. The lowest BCUT2D eigenvalue weighted by Gasteiger charge is -2.19. The van der Waals surface area contributed by atoms with E-state index in [9.17, 15) is 5.11 Å². The van der Waals surface area contributed by atoms with Gasteiger partial charge in [0.1, 0.15) is 5.75 Å². The SMILES string of the molecule is C#CCC(C)NC(C)c1ccccc1O. The Bertz CT molecular complexity index is 354. The number of aromatic hydroxyl groups is 1. The number of rotatable bonds is 4. The smallest absolute Gasteiger partial charge is 0.120 e. The van der Waals surface area contributed by atoms with E-state index in [4.69, 9.17) is 6.42 Å². The fraction of sp³-hybridized carbons (Fsp3) is 0.385. The van der Waals surface area contributed by atoms with E-state index in [0.29, 0.717) is 12.2 Å². The van der Waals surface area contributed by atoms with Gasteiger partial charge < -0.3 is 10.4 Å². The van der Waals surface area contributed by atoms with E-state index in [1.807, 2.05) is 32.0 Å². The largest absolute Gasteiger partial charge is 0.508 e. The van der Waals surface area contributed by atoms with Crippen LogP contribution in [-0.4, -0.2) is 11.1 Å². The molecule has 2 heteroatoms.